The van der Waals surface area contributed by atoms with Gasteiger partial charge in [0.15, 0.2) is 0 Å². The van der Waals surface area contributed by atoms with Gasteiger partial charge >= 0.3 is 0 Å². The maximum absolute atomic E-state index is 5.86. The lowest BCUT2D eigenvalue weighted by molar-refractivity contribution is 0.591. The average Bonchev–Trinajstić information content (AvgIpc) is 2.85. The molecule has 0 heterocycles. The first-order valence-corrected chi connectivity index (χ1v) is 12.0. The molecule has 0 amide bonds. The molecule has 0 fully saturated rings. The minimum atomic E-state index is 0.446. The van der Waals surface area contributed by atoms with Crippen LogP contribution in [0.25, 0.3) is 0 Å². The highest BCUT2D eigenvalue weighted by atomic mass is 14.9. The van der Waals surface area contributed by atoms with Gasteiger partial charge in [-0.3, -0.25) is 5.41 Å². The Kier molecular flexibility index (Phi) is 29.5. The van der Waals surface area contributed by atoms with Gasteiger partial charge in [-0.15, -0.1) is 6.58 Å². The van der Waals surface area contributed by atoms with Crippen LogP contribution in [0.3, 0.4) is 0 Å². The largest absolute Gasteiger partial charge is 0.390 e. The Balaban J connectivity index is -0.000000562. The number of nitrogens with two attached hydrogens (primary N) is 1. The highest BCUT2D eigenvalue weighted by Crippen LogP contribution is 2.15. The first-order valence-electron chi connectivity index (χ1n) is 12.0. The highest BCUT2D eigenvalue weighted by Gasteiger charge is 2.06. The van der Waals surface area contributed by atoms with Crippen molar-refractivity contribution in [3.05, 3.63) is 96.8 Å². The molecular formula is C29H51N5. The first-order chi connectivity index (χ1) is 16.4. The second-order valence-electron chi connectivity index (χ2n) is 7.23. The van der Waals surface area contributed by atoms with Crippen molar-refractivity contribution in [3.8, 4) is 0 Å². The van der Waals surface area contributed by atoms with E-state index in [1.54, 1.807) is 0 Å². The molecular weight excluding hydrogens is 418 g/mol. The van der Waals surface area contributed by atoms with Gasteiger partial charge in [-0.05, 0) is 37.4 Å². The third-order valence-electron chi connectivity index (χ3n) is 4.36. The maximum Gasteiger partial charge on any atom is 0.0765 e. The van der Waals surface area contributed by atoms with Gasteiger partial charge in [-0.2, -0.15) is 0 Å². The zero-order valence-electron chi connectivity index (χ0n) is 22.6. The fourth-order valence-electron chi connectivity index (χ4n) is 2.51. The van der Waals surface area contributed by atoms with Crippen molar-refractivity contribution in [3.63, 3.8) is 0 Å². The number of rotatable bonds is 13. The molecule has 34 heavy (non-hydrogen) atoms. The molecule has 192 valence electrons. The number of hydrogen-bond acceptors (Lipinski definition) is 4. The minimum Gasteiger partial charge on any atom is -0.390 e. The molecule has 5 heteroatoms. The summed E-state index contributed by atoms with van der Waals surface area (Å²) in [5, 5.41) is 15.6. The smallest absolute Gasteiger partial charge is 0.0765 e. The third kappa shape index (κ3) is 23.8. The van der Waals surface area contributed by atoms with Crippen molar-refractivity contribution < 1.29 is 0 Å². The van der Waals surface area contributed by atoms with Gasteiger partial charge < -0.3 is 21.7 Å². The van der Waals surface area contributed by atoms with E-state index in [2.05, 4.69) is 86.5 Å². The van der Waals surface area contributed by atoms with E-state index in [0.717, 1.165) is 44.6 Å². The van der Waals surface area contributed by atoms with E-state index in [4.69, 9.17) is 5.41 Å². The lowest BCUT2D eigenvalue weighted by atomic mass is 9.97. The summed E-state index contributed by atoms with van der Waals surface area (Å²) in [6.45, 7) is 25.4. The van der Waals surface area contributed by atoms with E-state index in [9.17, 15) is 0 Å². The van der Waals surface area contributed by atoms with E-state index < -0.39 is 0 Å². The summed E-state index contributed by atoms with van der Waals surface area (Å²) < 4.78 is 0. The highest BCUT2D eigenvalue weighted by molar-refractivity contribution is 5.46. The summed E-state index contributed by atoms with van der Waals surface area (Å²) in [7, 11) is 1.95. The number of nitrogens with one attached hydrogen (secondary N) is 4. The molecule has 5 nitrogen and oxygen atoms in total. The van der Waals surface area contributed by atoms with Crippen molar-refractivity contribution in [1.82, 2.24) is 16.0 Å². The molecule has 1 rings (SSSR count). The Morgan fingerprint density at radius 2 is 1.76 bits per heavy atom. The van der Waals surface area contributed by atoms with Gasteiger partial charge in [-0.1, -0.05) is 101 Å². The van der Waals surface area contributed by atoms with Gasteiger partial charge in [-0.25, -0.2) is 0 Å². The second kappa shape index (κ2) is 28.1. The fourth-order valence-corrected chi connectivity index (χ4v) is 2.51. The average molecular weight is 470 g/mol. The van der Waals surface area contributed by atoms with E-state index in [1.165, 1.54) is 16.7 Å². The molecule has 1 atom stereocenters. The molecule has 1 aromatic rings. The molecule has 0 aromatic heterocycles. The number of benzene rings is 1. The summed E-state index contributed by atoms with van der Waals surface area (Å²) in [5.41, 5.74) is 9.42. The van der Waals surface area contributed by atoms with Crippen LogP contribution in [-0.4, -0.2) is 33.0 Å². The van der Waals surface area contributed by atoms with E-state index in [0.29, 0.717) is 5.92 Å². The fraction of sp³-hybridized carbons (Fsp3) is 0.414. The molecule has 6 N–H and O–H groups in total. The van der Waals surface area contributed by atoms with Crippen LogP contribution < -0.4 is 21.7 Å². The predicted octanol–water partition coefficient (Wildman–Crippen LogP) is 5.95. The summed E-state index contributed by atoms with van der Waals surface area (Å²) in [5.74, 6) is 0.446. The van der Waals surface area contributed by atoms with Crippen LogP contribution in [0, 0.1) is 11.3 Å². The Morgan fingerprint density at radius 1 is 1.18 bits per heavy atom. The molecule has 0 aliphatic carbocycles. The summed E-state index contributed by atoms with van der Waals surface area (Å²) >= 11 is 0. The summed E-state index contributed by atoms with van der Waals surface area (Å²) in [6, 6.07) is 10.3. The summed E-state index contributed by atoms with van der Waals surface area (Å²) in [6.07, 6.45) is 9.87. The zero-order chi connectivity index (χ0) is 26.6. The Hall–Kier alpha value is -2.89. The number of hydrogen-bond donors (Lipinski definition) is 5. The van der Waals surface area contributed by atoms with E-state index >= 15 is 0 Å². The minimum absolute atomic E-state index is 0.446. The van der Waals surface area contributed by atoms with Gasteiger partial charge in [0.2, 0.25) is 0 Å². The monoisotopic (exact) mass is 469 g/mol. The van der Waals surface area contributed by atoms with Crippen LogP contribution in [0.5, 0.6) is 0 Å². The van der Waals surface area contributed by atoms with E-state index in [1.807, 2.05) is 51.2 Å². The number of allylic oxidation sites excluding steroid dienone is 4. The zero-order valence-corrected chi connectivity index (χ0v) is 22.6. The standard InChI is InChI=1S/C18H30N2.C8H11N.C2H6.CH4N2/c1-7-10-18(12-15(4)9-3)16(5)13-19-14-17(6)20-11-8-2;1-9-7-8-5-3-2-4-6-8;1-2;2-1-3/h7-8,10,12,16,19-20H,1-2,6,9,11,13-14H2,3-5H3;2-6,9H,7H2,1H3;1-2H3;1H,(H3,2,3)/b15-12+,18-10+;;;. The molecule has 0 aliphatic rings. The van der Waals surface area contributed by atoms with Crippen LogP contribution in [0.15, 0.2) is 91.2 Å². The molecule has 1 aromatic carbocycles. The lowest BCUT2D eigenvalue weighted by Crippen LogP contribution is -2.28. The predicted molar refractivity (Wildman–Crippen MR) is 155 cm³/mol. The molecule has 1 unspecified atom stereocenters. The quantitative estimate of drug-likeness (QED) is 0.107. The second-order valence-corrected chi connectivity index (χ2v) is 7.23. The Bertz CT molecular complexity index is 690. The van der Waals surface area contributed by atoms with Crippen molar-refractivity contribution in [1.29, 1.82) is 5.41 Å². The molecule has 0 radical (unpaired) electrons. The molecule has 0 saturated heterocycles. The van der Waals surface area contributed by atoms with Gasteiger partial charge in [0, 0.05) is 31.9 Å². The van der Waals surface area contributed by atoms with E-state index in [-0.39, 0.29) is 0 Å². The Morgan fingerprint density at radius 3 is 2.24 bits per heavy atom. The Labute approximate surface area is 210 Å². The van der Waals surface area contributed by atoms with Crippen LogP contribution in [0.1, 0.15) is 46.6 Å². The topological polar surface area (TPSA) is 86.0 Å². The van der Waals surface area contributed by atoms with Gasteiger partial charge in [0.1, 0.15) is 0 Å². The van der Waals surface area contributed by atoms with Crippen LogP contribution in [0.4, 0.5) is 0 Å². The van der Waals surface area contributed by atoms with Gasteiger partial charge in [0.25, 0.3) is 0 Å². The SMILES string of the molecule is C=C/C=C(\C=C(/C)CC)C(C)CNCC(=C)NCC=C.CC.CNCc1ccccc1.N=CN. The molecule has 0 spiro atoms. The van der Waals surface area contributed by atoms with Crippen LogP contribution in [0.2, 0.25) is 0 Å². The maximum atomic E-state index is 5.86. The normalized spacial score (nSPS) is 11.1. The summed E-state index contributed by atoms with van der Waals surface area (Å²) in [4.78, 5) is 0. The molecule has 0 saturated carbocycles. The lowest BCUT2D eigenvalue weighted by Gasteiger charge is -2.16. The van der Waals surface area contributed by atoms with Crippen molar-refractivity contribution >= 4 is 6.34 Å². The van der Waals surface area contributed by atoms with Gasteiger partial charge in [0.05, 0.1) is 6.34 Å². The van der Waals surface area contributed by atoms with Crippen molar-refractivity contribution in [2.45, 2.75) is 47.6 Å². The van der Waals surface area contributed by atoms with Crippen LogP contribution >= 0.6 is 0 Å². The first kappa shape index (κ1) is 35.7. The molecule has 0 bridgehead atoms. The van der Waals surface area contributed by atoms with Crippen molar-refractivity contribution in [2.75, 3.05) is 26.7 Å². The third-order valence-corrected chi connectivity index (χ3v) is 4.36. The van der Waals surface area contributed by atoms with Crippen LogP contribution in [-0.2, 0) is 6.54 Å². The molecule has 0 aliphatic heterocycles. The van der Waals surface area contributed by atoms with Crippen molar-refractivity contribution in [2.24, 2.45) is 11.7 Å².